The van der Waals surface area contributed by atoms with Gasteiger partial charge in [-0.2, -0.15) is 0 Å². The minimum atomic E-state index is -4.02. The summed E-state index contributed by atoms with van der Waals surface area (Å²) < 4.78 is 53.5. The SMILES string of the molecule is CCCCC(NC(=O)c1cccc(NS(=O)(=O)c2cccc3cccnc23)c1)C(=O)CNS(C)(=O)=O. The highest BCUT2D eigenvalue weighted by atomic mass is 32.2. The Morgan fingerprint density at radius 1 is 1.00 bits per heavy atom. The van der Waals surface area contributed by atoms with Crippen LogP contribution in [0.3, 0.4) is 0 Å². The number of fused-ring (bicyclic) bond motifs is 1. The Bertz CT molecular complexity index is 1470. The Kier molecular flexibility index (Phi) is 8.77. The van der Waals surface area contributed by atoms with Gasteiger partial charge in [0.1, 0.15) is 4.90 Å². The molecule has 3 rings (SSSR count). The smallest absolute Gasteiger partial charge is 0.264 e. The largest absolute Gasteiger partial charge is 0.342 e. The Morgan fingerprint density at radius 2 is 1.72 bits per heavy atom. The van der Waals surface area contributed by atoms with Crippen molar-refractivity contribution in [2.24, 2.45) is 0 Å². The summed E-state index contributed by atoms with van der Waals surface area (Å²) in [5.74, 6) is -1.06. The van der Waals surface area contributed by atoms with Gasteiger partial charge in [0.15, 0.2) is 5.78 Å². The lowest BCUT2D eigenvalue weighted by molar-refractivity contribution is -0.120. The molecular formula is C24H28N4O6S2. The second-order valence-electron chi connectivity index (χ2n) is 8.25. The van der Waals surface area contributed by atoms with Crippen LogP contribution < -0.4 is 14.8 Å². The predicted octanol–water partition coefficient (Wildman–Crippen LogP) is 2.44. The first-order chi connectivity index (χ1) is 17.0. The number of Topliss-reactive ketones (excluding diaryl/α,β-unsaturated/α-hetero) is 1. The molecule has 0 aliphatic heterocycles. The summed E-state index contributed by atoms with van der Waals surface area (Å²) in [6.07, 6.45) is 4.22. The van der Waals surface area contributed by atoms with E-state index in [1.807, 2.05) is 6.92 Å². The number of carbonyl (C=O) groups is 2. The van der Waals surface area contributed by atoms with E-state index in [1.54, 1.807) is 24.3 Å². The van der Waals surface area contributed by atoms with Crippen LogP contribution in [0.4, 0.5) is 5.69 Å². The van der Waals surface area contributed by atoms with E-state index in [0.29, 0.717) is 23.7 Å². The third-order valence-electron chi connectivity index (χ3n) is 5.31. The molecule has 0 radical (unpaired) electrons. The monoisotopic (exact) mass is 532 g/mol. The van der Waals surface area contributed by atoms with Crippen LogP contribution in [-0.4, -0.2) is 52.4 Å². The number of unbranched alkanes of at least 4 members (excludes halogenated alkanes) is 1. The quantitative estimate of drug-likeness (QED) is 0.324. The van der Waals surface area contributed by atoms with Gasteiger partial charge in [-0.1, -0.05) is 44.0 Å². The third-order valence-corrected chi connectivity index (χ3v) is 7.39. The Morgan fingerprint density at radius 3 is 2.44 bits per heavy atom. The summed E-state index contributed by atoms with van der Waals surface area (Å²) >= 11 is 0. The number of ketones is 1. The minimum Gasteiger partial charge on any atom is -0.342 e. The van der Waals surface area contributed by atoms with Gasteiger partial charge in [-0.3, -0.25) is 19.3 Å². The fraction of sp³-hybridized carbons (Fsp3) is 0.292. The van der Waals surface area contributed by atoms with Crippen molar-refractivity contribution in [3.05, 3.63) is 66.4 Å². The molecule has 0 spiro atoms. The molecule has 1 amide bonds. The van der Waals surface area contributed by atoms with Crippen molar-refractivity contribution in [3.63, 3.8) is 0 Å². The lowest BCUT2D eigenvalue weighted by atomic mass is 10.0. The van der Waals surface area contributed by atoms with Gasteiger partial charge in [0.25, 0.3) is 15.9 Å². The first-order valence-electron chi connectivity index (χ1n) is 11.2. The molecule has 36 heavy (non-hydrogen) atoms. The van der Waals surface area contributed by atoms with Crippen LogP contribution in [0.2, 0.25) is 0 Å². The van der Waals surface area contributed by atoms with Crippen LogP contribution in [0.15, 0.2) is 65.7 Å². The summed E-state index contributed by atoms with van der Waals surface area (Å²) in [5.41, 5.74) is 0.615. The molecule has 192 valence electrons. The highest BCUT2D eigenvalue weighted by Crippen LogP contribution is 2.23. The van der Waals surface area contributed by atoms with Gasteiger partial charge in [0, 0.05) is 22.8 Å². The van der Waals surface area contributed by atoms with E-state index in [2.05, 4.69) is 19.7 Å². The van der Waals surface area contributed by atoms with E-state index < -0.39 is 44.3 Å². The molecule has 1 heterocycles. The summed E-state index contributed by atoms with van der Waals surface area (Å²) in [4.78, 5) is 29.6. The Hall–Kier alpha value is -3.35. The Labute approximate surface area is 210 Å². The van der Waals surface area contributed by atoms with Crippen molar-refractivity contribution in [2.45, 2.75) is 37.1 Å². The fourth-order valence-corrected chi connectivity index (χ4v) is 5.15. The van der Waals surface area contributed by atoms with Gasteiger partial charge < -0.3 is 5.32 Å². The molecule has 0 fully saturated rings. The number of amides is 1. The fourth-order valence-electron chi connectivity index (χ4n) is 3.52. The van der Waals surface area contributed by atoms with Crippen molar-refractivity contribution in [2.75, 3.05) is 17.5 Å². The highest BCUT2D eigenvalue weighted by Gasteiger charge is 2.23. The van der Waals surface area contributed by atoms with Gasteiger partial charge >= 0.3 is 0 Å². The molecule has 0 aliphatic carbocycles. The molecule has 12 heteroatoms. The maximum atomic E-state index is 13.1. The van der Waals surface area contributed by atoms with Gasteiger partial charge in [-0.05, 0) is 36.8 Å². The molecule has 1 unspecified atom stereocenters. The minimum absolute atomic E-state index is 0.000873. The van der Waals surface area contributed by atoms with E-state index in [-0.39, 0.29) is 16.1 Å². The van der Waals surface area contributed by atoms with Crippen LogP contribution in [0.5, 0.6) is 0 Å². The lowest BCUT2D eigenvalue weighted by Crippen LogP contribution is -2.45. The number of hydrogen-bond donors (Lipinski definition) is 3. The summed E-state index contributed by atoms with van der Waals surface area (Å²) in [5, 5.41) is 3.31. The molecular weight excluding hydrogens is 504 g/mol. The number of carbonyl (C=O) groups excluding carboxylic acids is 2. The standard InChI is InChI=1S/C24H28N4O6S2/c1-3-4-12-20(21(29)16-26-35(2,31)32)27-24(30)18-9-5-11-19(15-18)28-36(33,34)22-13-6-8-17-10-7-14-25-23(17)22/h5-11,13-15,20,26,28H,3-4,12,16H2,1-2H3,(H,27,30). The van der Waals surface area contributed by atoms with Crippen molar-refractivity contribution < 1.29 is 26.4 Å². The van der Waals surface area contributed by atoms with Crippen LogP contribution in [0.25, 0.3) is 10.9 Å². The highest BCUT2D eigenvalue weighted by molar-refractivity contribution is 7.93. The van der Waals surface area contributed by atoms with Crippen LogP contribution in [0, 0.1) is 0 Å². The molecule has 0 bridgehead atoms. The van der Waals surface area contributed by atoms with Crippen LogP contribution in [0.1, 0.15) is 36.5 Å². The molecule has 1 aromatic heterocycles. The van der Waals surface area contributed by atoms with Crippen LogP contribution >= 0.6 is 0 Å². The van der Waals surface area contributed by atoms with Gasteiger partial charge in [-0.25, -0.2) is 21.6 Å². The second-order valence-corrected chi connectivity index (χ2v) is 11.7. The van der Waals surface area contributed by atoms with Crippen molar-refractivity contribution in [1.29, 1.82) is 0 Å². The molecule has 0 aliphatic rings. The zero-order valence-corrected chi connectivity index (χ0v) is 21.5. The number of rotatable bonds is 12. The van der Waals surface area contributed by atoms with Crippen LogP contribution in [-0.2, 0) is 24.8 Å². The molecule has 3 aromatic rings. The number of anilines is 1. The third kappa shape index (κ3) is 7.33. The number of nitrogens with zero attached hydrogens (tertiary/aromatic N) is 1. The molecule has 10 nitrogen and oxygen atoms in total. The summed E-state index contributed by atoms with van der Waals surface area (Å²) in [6, 6.07) is 13.3. The number of benzene rings is 2. The summed E-state index contributed by atoms with van der Waals surface area (Å²) in [6.45, 7) is 1.49. The maximum Gasteiger partial charge on any atom is 0.264 e. The normalized spacial score (nSPS) is 12.7. The van der Waals surface area contributed by atoms with Crippen molar-refractivity contribution in [1.82, 2.24) is 15.0 Å². The number of hydrogen-bond acceptors (Lipinski definition) is 7. The molecule has 1 atom stereocenters. The predicted molar refractivity (Wildman–Crippen MR) is 138 cm³/mol. The second kappa shape index (κ2) is 11.6. The van der Waals surface area contributed by atoms with Gasteiger partial charge in [0.2, 0.25) is 10.0 Å². The molecule has 2 aromatic carbocycles. The number of nitrogens with one attached hydrogen (secondary N) is 3. The van der Waals surface area contributed by atoms with E-state index in [1.165, 1.54) is 36.5 Å². The molecule has 3 N–H and O–H groups in total. The average Bonchev–Trinajstić information content (AvgIpc) is 2.84. The first-order valence-corrected chi connectivity index (χ1v) is 14.6. The van der Waals surface area contributed by atoms with Crippen molar-refractivity contribution in [3.8, 4) is 0 Å². The number of pyridine rings is 1. The summed E-state index contributed by atoms with van der Waals surface area (Å²) in [7, 11) is -7.58. The van der Waals surface area contributed by atoms with E-state index in [0.717, 1.165) is 12.7 Å². The average molecular weight is 533 g/mol. The number of aromatic nitrogens is 1. The van der Waals surface area contributed by atoms with Gasteiger partial charge in [0.05, 0.1) is 24.4 Å². The van der Waals surface area contributed by atoms with E-state index >= 15 is 0 Å². The molecule has 0 saturated heterocycles. The van der Waals surface area contributed by atoms with E-state index in [4.69, 9.17) is 0 Å². The zero-order chi connectivity index (χ0) is 26.3. The van der Waals surface area contributed by atoms with E-state index in [9.17, 15) is 26.4 Å². The van der Waals surface area contributed by atoms with Gasteiger partial charge in [-0.15, -0.1) is 0 Å². The van der Waals surface area contributed by atoms with Crippen molar-refractivity contribution >= 4 is 48.3 Å². The maximum absolute atomic E-state index is 13.1. The number of sulfonamides is 2. The first kappa shape index (κ1) is 27.2. The number of para-hydroxylation sites is 1. The zero-order valence-electron chi connectivity index (χ0n) is 19.9. The lowest BCUT2D eigenvalue weighted by Gasteiger charge is -2.18. The molecule has 0 saturated carbocycles. The topological polar surface area (TPSA) is 151 Å². The Balaban J connectivity index is 1.78.